The summed E-state index contributed by atoms with van der Waals surface area (Å²) < 4.78 is 5.16. The van der Waals surface area contributed by atoms with Gasteiger partial charge in [-0.1, -0.05) is 30.8 Å². The van der Waals surface area contributed by atoms with Crippen molar-refractivity contribution in [3.8, 4) is 0 Å². The molecule has 2 aliphatic carbocycles. The molecule has 0 unspecified atom stereocenters. The van der Waals surface area contributed by atoms with Gasteiger partial charge in [0, 0.05) is 6.42 Å². The van der Waals surface area contributed by atoms with Gasteiger partial charge in [0.2, 0.25) is 11.8 Å². The average molecular weight is 329 g/mol. The van der Waals surface area contributed by atoms with Crippen molar-refractivity contribution < 1.29 is 9.32 Å². The molecule has 0 saturated heterocycles. The molecule has 0 radical (unpaired) electrons. The summed E-state index contributed by atoms with van der Waals surface area (Å²) in [5.74, 6) is 1.81. The van der Waals surface area contributed by atoms with Gasteiger partial charge >= 0.3 is 0 Å². The number of nitrogens with two attached hydrogens (primary N) is 1. The molecule has 2 saturated carbocycles. The maximum atomic E-state index is 11.8. The smallest absolute Gasteiger partial charge is 0.246 e. The normalized spacial score (nSPS) is 20.2. The monoisotopic (exact) mass is 328 g/mol. The van der Waals surface area contributed by atoms with Crippen molar-refractivity contribution in [1.29, 1.82) is 0 Å². The molecule has 7 heteroatoms. The fourth-order valence-corrected chi connectivity index (χ4v) is 3.21. The van der Waals surface area contributed by atoms with Crippen LogP contribution in [-0.4, -0.2) is 16.0 Å². The lowest BCUT2D eigenvalue weighted by atomic mass is 9.77. The molecule has 0 atom stereocenters. The number of hydrogen-bond acceptors (Lipinski definition) is 5. The standard InChI is InChI=1S/C15H24N4O2.ClH/c16-15(8-3-9-15)14-18-13(21-19-14)10-17-12(20)7-6-11-4-1-2-5-11;/h11H,1-10,16H2,(H,17,20);1H. The molecule has 6 nitrogen and oxygen atoms in total. The summed E-state index contributed by atoms with van der Waals surface area (Å²) in [7, 11) is 0. The van der Waals surface area contributed by atoms with Gasteiger partial charge < -0.3 is 15.6 Å². The van der Waals surface area contributed by atoms with Crippen LogP contribution in [0.3, 0.4) is 0 Å². The van der Waals surface area contributed by atoms with E-state index in [0.717, 1.165) is 31.6 Å². The maximum Gasteiger partial charge on any atom is 0.246 e. The minimum absolute atomic E-state index is 0. The molecule has 0 aliphatic heterocycles. The number of carbonyl (C=O) groups is 1. The van der Waals surface area contributed by atoms with Gasteiger partial charge in [0.25, 0.3) is 0 Å². The van der Waals surface area contributed by atoms with E-state index in [9.17, 15) is 4.79 Å². The highest BCUT2D eigenvalue weighted by Gasteiger charge is 2.38. The zero-order valence-corrected chi connectivity index (χ0v) is 13.7. The largest absolute Gasteiger partial charge is 0.347 e. The molecule has 2 fully saturated rings. The third-order valence-corrected chi connectivity index (χ3v) is 4.85. The van der Waals surface area contributed by atoms with Crippen LogP contribution in [0.1, 0.15) is 69.5 Å². The van der Waals surface area contributed by atoms with Gasteiger partial charge in [-0.2, -0.15) is 4.98 Å². The molecule has 3 N–H and O–H groups in total. The van der Waals surface area contributed by atoms with Crippen LogP contribution in [0.2, 0.25) is 0 Å². The van der Waals surface area contributed by atoms with Crippen LogP contribution in [0.15, 0.2) is 4.52 Å². The Morgan fingerprint density at radius 2 is 2.05 bits per heavy atom. The highest BCUT2D eigenvalue weighted by molar-refractivity contribution is 5.85. The number of hydrogen-bond donors (Lipinski definition) is 2. The lowest BCUT2D eigenvalue weighted by Crippen LogP contribution is -2.44. The highest BCUT2D eigenvalue weighted by atomic mass is 35.5. The Balaban J connectivity index is 0.00000176. The summed E-state index contributed by atoms with van der Waals surface area (Å²) in [6.07, 6.45) is 9.69. The predicted molar refractivity (Wildman–Crippen MR) is 84.3 cm³/mol. The third-order valence-electron chi connectivity index (χ3n) is 4.85. The lowest BCUT2D eigenvalue weighted by molar-refractivity contribution is -0.121. The summed E-state index contributed by atoms with van der Waals surface area (Å²) in [6.45, 7) is 0.298. The molecular weight excluding hydrogens is 304 g/mol. The van der Waals surface area contributed by atoms with Crippen LogP contribution in [0.5, 0.6) is 0 Å². The summed E-state index contributed by atoms with van der Waals surface area (Å²) in [6, 6.07) is 0. The van der Waals surface area contributed by atoms with Crippen molar-refractivity contribution in [1.82, 2.24) is 15.5 Å². The first-order chi connectivity index (χ1) is 10.2. The highest BCUT2D eigenvalue weighted by Crippen LogP contribution is 2.36. The Hall–Kier alpha value is -1.14. The molecular formula is C15H25ClN4O2. The van der Waals surface area contributed by atoms with Gasteiger partial charge in [-0.15, -0.1) is 12.4 Å². The van der Waals surface area contributed by atoms with Crippen molar-refractivity contribution in [2.24, 2.45) is 11.7 Å². The van der Waals surface area contributed by atoms with Crippen molar-refractivity contribution >= 4 is 18.3 Å². The number of carbonyl (C=O) groups excluding carboxylic acids is 1. The van der Waals surface area contributed by atoms with Gasteiger partial charge in [-0.3, -0.25) is 4.79 Å². The third kappa shape index (κ3) is 3.98. The number of rotatable bonds is 6. The second-order valence-electron chi connectivity index (χ2n) is 6.49. The number of nitrogens with one attached hydrogen (secondary N) is 1. The minimum atomic E-state index is -0.408. The molecule has 0 bridgehead atoms. The van der Waals surface area contributed by atoms with E-state index in [2.05, 4.69) is 15.5 Å². The van der Waals surface area contributed by atoms with Crippen LogP contribution in [0, 0.1) is 5.92 Å². The first-order valence-corrected chi connectivity index (χ1v) is 8.04. The van der Waals surface area contributed by atoms with E-state index in [0.29, 0.717) is 24.7 Å². The molecule has 3 rings (SSSR count). The number of aromatic nitrogens is 2. The van der Waals surface area contributed by atoms with E-state index < -0.39 is 5.54 Å². The number of amides is 1. The topological polar surface area (TPSA) is 94.0 Å². The molecule has 0 spiro atoms. The summed E-state index contributed by atoms with van der Waals surface area (Å²) in [5, 5.41) is 6.78. The molecule has 22 heavy (non-hydrogen) atoms. The van der Waals surface area contributed by atoms with E-state index in [4.69, 9.17) is 10.3 Å². The van der Waals surface area contributed by atoms with Crippen LogP contribution in [0.25, 0.3) is 0 Å². The fraction of sp³-hybridized carbons (Fsp3) is 0.800. The van der Waals surface area contributed by atoms with Crippen LogP contribution < -0.4 is 11.1 Å². The zero-order valence-electron chi connectivity index (χ0n) is 12.8. The van der Waals surface area contributed by atoms with Crippen molar-refractivity contribution in [3.63, 3.8) is 0 Å². The van der Waals surface area contributed by atoms with E-state index >= 15 is 0 Å². The van der Waals surface area contributed by atoms with Gasteiger partial charge in [-0.05, 0) is 31.6 Å². The molecule has 0 aromatic carbocycles. The maximum absolute atomic E-state index is 11.8. The first-order valence-electron chi connectivity index (χ1n) is 8.04. The van der Waals surface area contributed by atoms with Gasteiger partial charge in [-0.25, -0.2) is 0 Å². The number of nitrogens with zero attached hydrogens (tertiary/aromatic N) is 2. The fourth-order valence-electron chi connectivity index (χ4n) is 3.21. The molecule has 1 aromatic heterocycles. The van der Waals surface area contributed by atoms with Crippen molar-refractivity contribution in [2.75, 3.05) is 0 Å². The minimum Gasteiger partial charge on any atom is -0.347 e. The Bertz CT molecular complexity index is 495. The van der Waals surface area contributed by atoms with Crippen LogP contribution in [0.4, 0.5) is 0 Å². The van der Waals surface area contributed by atoms with Crippen molar-refractivity contribution in [3.05, 3.63) is 11.7 Å². The summed E-state index contributed by atoms with van der Waals surface area (Å²) in [5.41, 5.74) is 5.73. The lowest BCUT2D eigenvalue weighted by Gasteiger charge is -2.34. The van der Waals surface area contributed by atoms with Gasteiger partial charge in [0.05, 0.1) is 12.1 Å². The predicted octanol–water partition coefficient (Wildman–Crippen LogP) is 2.42. The molecule has 1 amide bonds. The zero-order chi connectivity index (χ0) is 14.7. The quantitative estimate of drug-likeness (QED) is 0.836. The summed E-state index contributed by atoms with van der Waals surface area (Å²) in [4.78, 5) is 16.1. The van der Waals surface area contributed by atoms with E-state index in [1.165, 1.54) is 25.7 Å². The Morgan fingerprint density at radius 1 is 1.32 bits per heavy atom. The molecule has 1 aromatic rings. The first kappa shape index (κ1) is 17.2. The van der Waals surface area contributed by atoms with E-state index in [1.54, 1.807) is 0 Å². The molecule has 1 heterocycles. The van der Waals surface area contributed by atoms with Crippen molar-refractivity contribution in [2.45, 2.75) is 69.9 Å². The summed E-state index contributed by atoms with van der Waals surface area (Å²) >= 11 is 0. The molecule has 124 valence electrons. The van der Waals surface area contributed by atoms with Gasteiger partial charge in [0.1, 0.15) is 0 Å². The SMILES string of the molecule is Cl.NC1(c2noc(CNC(=O)CCC3CCCC3)n2)CCC1. The average Bonchev–Trinajstić information content (AvgIpc) is 3.11. The Morgan fingerprint density at radius 3 is 2.68 bits per heavy atom. The van der Waals surface area contributed by atoms with Crippen LogP contribution >= 0.6 is 12.4 Å². The Labute approximate surface area is 137 Å². The van der Waals surface area contributed by atoms with E-state index in [-0.39, 0.29) is 18.3 Å². The van der Waals surface area contributed by atoms with E-state index in [1.807, 2.05) is 0 Å². The van der Waals surface area contributed by atoms with Crippen LogP contribution in [-0.2, 0) is 16.9 Å². The second kappa shape index (κ2) is 7.42. The van der Waals surface area contributed by atoms with Gasteiger partial charge in [0.15, 0.2) is 5.82 Å². The molecule has 2 aliphatic rings. The number of halogens is 1. The second-order valence-corrected chi connectivity index (χ2v) is 6.49. The Kier molecular flexibility index (Phi) is 5.81.